The summed E-state index contributed by atoms with van der Waals surface area (Å²) in [7, 11) is 0. The smallest absolute Gasteiger partial charge is 0.234 e. The lowest BCUT2D eigenvalue weighted by Crippen LogP contribution is -1.92. The van der Waals surface area contributed by atoms with E-state index < -0.39 is 0 Å². The van der Waals surface area contributed by atoms with E-state index >= 15 is 0 Å². The van der Waals surface area contributed by atoms with Gasteiger partial charge in [0.2, 0.25) is 5.78 Å². The van der Waals surface area contributed by atoms with Crippen molar-refractivity contribution in [3.05, 3.63) is 54.5 Å². The van der Waals surface area contributed by atoms with Crippen LogP contribution in [0.1, 0.15) is 10.5 Å². The number of rotatable bonds is 2. The second-order valence-corrected chi connectivity index (χ2v) is 3.62. The van der Waals surface area contributed by atoms with Gasteiger partial charge in [-0.3, -0.25) is 9.20 Å². The monoisotopic (exact) mass is 223 g/mol. The average molecular weight is 223 g/mol. The molecule has 0 bridgehead atoms. The van der Waals surface area contributed by atoms with E-state index in [1.54, 1.807) is 22.9 Å². The lowest BCUT2D eigenvalue weighted by Gasteiger charge is -1.97. The minimum atomic E-state index is 0.527. The van der Waals surface area contributed by atoms with Crippen LogP contribution in [0.2, 0.25) is 0 Å². The SMILES string of the molecule is O=Cc1c(-c2ccccc2)nc2ncccn12. The maximum Gasteiger partial charge on any atom is 0.234 e. The fourth-order valence-electron chi connectivity index (χ4n) is 1.83. The topological polar surface area (TPSA) is 47.3 Å². The van der Waals surface area contributed by atoms with Gasteiger partial charge in [0, 0.05) is 18.0 Å². The fraction of sp³-hybridized carbons (Fsp3) is 0. The van der Waals surface area contributed by atoms with Gasteiger partial charge in [-0.05, 0) is 6.07 Å². The molecule has 2 aromatic heterocycles. The number of carbonyl (C=O) groups excluding carboxylic acids is 1. The van der Waals surface area contributed by atoms with Gasteiger partial charge in [-0.25, -0.2) is 9.97 Å². The number of aromatic nitrogens is 3. The molecule has 1 aromatic carbocycles. The summed E-state index contributed by atoms with van der Waals surface area (Å²) in [6.45, 7) is 0. The molecule has 0 N–H and O–H groups in total. The first-order chi connectivity index (χ1) is 8.40. The van der Waals surface area contributed by atoms with Crippen molar-refractivity contribution in [3.8, 4) is 11.3 Å². The first-order valence-electron chi connectivity index (χ1n) is 5.24. The Kier molecular flexibility index (Phi) is 2.19. The summed E-state index contributed by atoms with van der Waals surface area (Å²) in [5.41, 5.74) is 2.11. The lowest BCUT2D eigenvalue weighted by atomic mass is 10.1. The van der Waals surface area contributed by atoms with Crippen LogP contribution >= 0.6 is 0 Å². The van der Waals surface area contributed by atoms with Gasteiger partial charge in [-0.1, -0.05) is 30.3 Å². The molecular formula is C13H9N3O. The third-order valence-electron chi connectivity index (χ3n) is 2.60. The molecule has 0 amide bonds. The Morgan fingerprint density at radius 3 is 2.71 bits per heavy atom. The first-order valence-corrected chi connectivity index (χ1v) is 5.24. The minimum absolute atomic E-state index is 0.527. The lowest BCUT2D eigenvalue weighted by molar-refractivity contribution is 0.111. The van der Waals surface area contributed by atoms with Crippen LogP contribution in [0, 0.1) is 0 Å². The van der Waals surface area contributed by atoms with Crippen molar-refractivity contribution in [1.82, 2.24) is 14.4 Å². The van der Waals surface area contributed by atoms with Gasteiger partial charge in [0.25, 0.3) is 0 Å². The summed E-state index contributed by atoms with van der Waals surface area (Å²) in [5.74, 6) is 0.536. The molecule has 0 saturated heterocycles. The molecule has 0 aliphatic heterocycles. The number of fused-ring (bicyclic) bond motifs is 1. The van der Waals surface area contributed by atoms with Crippen molar-refractivity contribution in [1.29, 1.82) is 0 Å². The maximum absolute atomic E-state index is 11.2. The van der Waals surface area contributed by atoms with E-state index in [9.17, 15) is 4.79 Å². The first kappa shape index (κ1) is 9.72. The van der Waals surface area contributed by atoms with Gasteiger partial charge < -0.3 is 0 Å². The third kappa shape index (κ3) is 1.50. The van der Waals surface area contributed by atoms with Crippen LogP contribution in [0.3, 0.4) is 0 Å². The summed E-state index contributed by atoms with van der Waals surface area (Å²) in [4.78, 5) is 19.7. The summed E-state index contributed by atoms with van der Waals surface area (Å²) in [6.07, 6.45) is 4.25. The van der Waals surface area contributed by atoms with Crippen molar-refractivity contribution >= 4 is 12.1 Å². The van der Waals surface area contributed by atoms with Crippen LogP contribution in [0.15, 0.2) is 48.8 Å². The normalized spacial score (nSPS) is 10.6. The molecule has 82 valence electrons. The summed E-state index contributed by atoms with van der Waals surface area (Å²) in [6, 6.07) is 11.4. The number of aldehydes is 1. The second kappa shape index (κ2) is 3.83. The highest BCUT2D eigenvalue weighted by atomic mass is 16.1. The zero-order valence-corrected chi connectivity index (χ0v) is 8.95. The van der Waals surface area contributed by atoms with E-state index in [0.29, 0.717) is 17.2 Å². The van der Waals surface area contributed by atoms with Gasteiger partial charge >= 0.3 is 0 Å². The van der Waals surface area contributed by atoms with Crippen LogP contribution in [0.4, 0.5) is 0 Å². The van der Waals surface area contributed by atoms with Crippen LogP contribution in [-0.4, -0.2) is 20.7 Å². The Balaban J connectivity index is 2.33. The number of hydrogen-bond donors (Lipinski definition) is 0. The van der Waals surface area contributed by atoms with Crippen molar-refractivity contribution in [2.45, 2.75) is 0 Å². The summed E-state index contributed by atoms with van der Waals surface area (Å²) >= 11 is 0. The molecule has 0 aliphatic carbocycles. The van der Waals surface area contributed by atoms with E-state index in [-0.39, 0.29) is 0 Å². The Morgan fingerprint density at radius 2 is 1.94 bits per heavy atom. The molecule has 0 fully saturated rings. The highest BCUT2D eigenvalue weighted by Crippen LogP contribution is 2.21. The molecule has 0 atom stereocenters. The summed E-state index contributed by atoms with van der Waals surface area (Å²) < 4.78 is 1.69. The van der Waals surface area contributed by atoms with Crippen molar-refractivity contribution < 1.29 is 4.79 Å². The standard InChI is InChI=1S/C13H9N3O/c17-9-11-12(10-5-2-1-3-6-10)15-13-14-7-4-8-16(11)13/h1-9H. The highest BCUT2D eigenvalue weighted by Gasteiger charge is 2.12. The van der Waals surface area contributed by atoms with E-state index in [1.807, 2.05) is 30.3 Å². The van der Waals surface area contributed by atoms with Crippen LogP contribution in [0.25, 0.3) is 17.0 Å². The predicted octanol–water partition coefficient (Wildman–Crippen LogP) is 2.21. The Hall–Kier alpha value is -2.49. The molecule has 4 heteroatoms. The average Bonchev–Trinajstić information content (AvgIpc) is 2.78. The number of hydrogen-bond acceptors (Lipinski definition) is 3. The minimum Gasteiger partial charge on any atom is -0.296 e. The molecule has 0 saturated carbocycles. The largest absolute Gasteiger partial charge is 0.296 e. The van der Waals surface area contributed by atoms with E-state index in [1.165, 1.54) is 0 Å². The molecule has 3 aromatic rings. The second-order valence-electron chi connectivity index (χ2n) is 3.62. The molecule has 3 rings (SSSR count). The van der Waals surface area contributed by atoms with Crippen molar-refractivity contribution in [2.24, 2.45) is 0 Å². The van der Waals surface area contributed by atoms with Crippen LogP contribution < -0.4 is 0 Å². The van der Waals surface area contributed by atoms with E-state index in [4.69, 9.17) is 0 Å². The number of nitrogens with zero attached hydrogens (tertiary/aromatic N) is 3. The zero-order valence-electron chi connectivity index (χ0n) is 8.95. The quantitative estimate of drug-likeness (QED) is 0.626. The third-order valence-corrected chi connectivity index (χ3v) is 2.60. The van der Waals surface area contributed by atoms with E-state index in [0.717, 1.165) is 11.8 Å². The molecule has 4 nitrogen and oxygen atoms in total. The molecule has 0 radical (unpaired) electrons. The van der Waals surface area contributed by atoms with Crippen LogP contribution in [-0.2, 0) is 0 Å². The predicted molar refractivity (Wildman–Crippen MR) is 63.8 cm³/mol. The number of benzene rings is 1. The van der Waals surface area contributed by atoms with Gasteiger partial charge in [0.05, 0.1) is 0 Å². The Labute approximate surface area is 97.6 Å². The molecule has 17 heavy (non-hydrogen) atoms. The van der Waals surface area contributed by atoms with Gasteiger partial charge in [0.1, 0.15) is 11.4 Å². The molecule has 2 heterocycles. The van der Waals surface area contributed by atoms with Gasteiger partial charge in [-0.2, -0.15) is 0 Å². The molecule has 0 aliphatic rings. The zero-order chi connectivity index (χ0) is 11.7. The van der Waals surface area contributed by atoms with Gasteiger partial charge in [0.15, 0.2) is 6.29 Å². The van der Waals surface area contributed by atoms with Crippen molar-refractivity contribution in [3.63, 3.8) is 0 Å². The maximum atomic E-state index is 11.2. The van der Waals surface area contributed by atoms with Crippen LogP contribution in [0.5, 0.6) is 0 Å². The molecule has 0 unspecified atom stereocenters. The van der Waals surface area contributed by atoms with Crippen molar-refractivity contribution in [2.75, 3.05) is 0 Å². The van der Waals surface area contributed by atoms with Gasteiger partial charge in [-0.15, -0.1) is 0 Å². The molecule has 0 spiro atoms. The summed E-state index contributed by atoms with van der Waals surface area (Å²) in [5, 5.41) is 0. The van der Waals surface area contributed by atoms with E-state index in [2.05, 4.69) is 9.97 Å². The number of imidazole rings is 1. The Bertz CT molecular complexity index is 673. The fourth-order valence-corrected chi connectivity index (χ4v) is 1.83. The molecular weight excluding hydrogens is 214 g/mol. The highest BCUT2D eigenvalue weighted by molar-refractivity contribution is 5.85. The number of carbonyl (C=O) groups is 1. The Morgan fingerprint density at radius 1 is 1.12 bits per heavy atom.